The van der Waals surface area contributed by atoms with Crippen LogP contribution in [0, 0.1) is 0 Å². The first-order valence-electron chi connectivity index (χ1n) is 13.3. The molecule has 1 aliphatic heterocycles. The second kappa shape index (κ2) is 14.2. The second-order valence-corrected chi connectivity index (χ2v) is 10.7. The first-order valence-corrected chi connectivity index (χ1v) is 14.1. The van der Waals surface area contributed by atoms with E-state index in [4.69, 9.17) is 9.47 Å². The first kappa shape index (κ1) is 29.4. The number of piperazine rings is 1. The largest absolute Gasteiger partial charge is 0.491 e. The molecule has 1 unspecified atom stereocenters. The van der Waals surface area contributed by atoms with Crippen LogP contribution in [0.5, 0.6) is 5.75 Å². The van der Waals surface area contributed by atoms with Gasteiger partial charge in [-0.1, -0.05) is 28.6 Å². The van der Waals surface area contributed by atoms with Crippen molar-refractivity contribution in [1.82, 2.24) is 20.2 Å². The van der Waals surface area contributed by atoms with Crippen molar-refractivity contribution in [2.45, 2.75) is 38.8 Å². The van der Waals surface area contributed by atoms with Crippen molar-refractivity contribution < 1.29 is 19.1 Å². The van der Waals surface area contributed by atoms with Crippen molar-refractivity contribution in [3.8, 4) is 5.75 Å². The van der Waals surface area contributed by atoms with Gasteiger partial charge in [0.2, 0.25) is 5.91 Å². The number of fused-ring (bicyclic) bond motifs is 1. The Morgan fingerprint density at radius 2 is 2.12 bits per heavy atom. The molecule has 2 aromatic carbocycles. The molecule has 0 radical (unpaired) electrons. The number of nitrogens with zero attached hydrogens (tertiary/aromatic N) is 3. The van der Waals surface area contributed by atoms with E-state index in [-0.39, 0.29) is 24.0 Å². The maximum absolute atomic E-state index is 12.2. The highest BCUT2D eigenvalue weighted by atomic mass is 79.9. The normalized spacial score (nSPS) is 15.6. The summed E-state index contributed by atoms with van der Waals surface area (Å²) in [7, 11) is 0. The third kappa shape index (κ3) is 8.48. The molecule has 0 saturated carbocycles. The van der Waals surface area contributed by atoms with Gasteiger partial charge in [0.15, 0.2) is 0 Å². The molecule has 1 atom stereocenters. The van der Waals surface area contributed by atoms with E-state index in [1.807, 2.05) is 50.2 Å². The van der Waals surface area contributed by atoms with Crippen LogP contribution in [-0.4, -0.2) is 71.7 Å². The van der Waals surface area contributed by atoms with Gasteiger partial charge in [0, 0.05) is 53.8 Å². The lowest BCUT2D eigenvalue weighted by Crippen LogP contribution is -2.51. The van der Waals surface area contributed by atoms with Crippen LogP contribution in [0.15, 0.2) is 59.9 Å². The molecule has 10 nitrogen and oxygen atoms in total. The molecule has 1 amide bonds. The molecule has 212 valence electrons. The lowest BCUT2D eigenvalue weighted by molar-refractivity contribution is -0.148. The lowest BCUT2D eigenvalue weighted by atomic mass is 10.1. The number of anilines is 3. The SMILES string of the molecule is C=CC(=O)Nc1cc2c(Nc3cccc(Br)c3)ncnc2cc1OCCCN1CCNC(CC(=O)OC(C)C)C1. The number of hydrogen-bond donors (Lipinski definition) is 3. The minimum absolute atomic E-state index is 0.0709. The van der Waals surface area contributed by atoms with Crippen LogP contribution >= 0.6 is 15.9 Å². The molecule has 3 N–H and O–H groups in total. The minimum atomic E-state index is -0.342. The van der Waals surface area contributed by atoms with E-state index in [2.05, 4.69) is 53.3 Å². The number of aromatic nitrogens is 2. The molecule has 1 saturated heterocycles. The monoisotopic (exact) mass is 610 g/mol. The van der Waals surface area contributed by atoms with Crippen LogP contribution in [0.1, 0.15) is 26.7 Å². The Hall–Kier alpha value is -3.54. The molecule has 0 spiro atoms. The maximum Gasteiger partial charge on any atom is 0.307 e. The summed E-state index contributed by atoms with van der Waals surface area (Å²) in [6, 6.07) is 11.4. The number of rotatable bonds is 12. The number of nitrogens with one attached hydrogen (secondary N) is 3. The number of carbonyl (C=O) groups excluding carboxylic acids is 2. The summed E-state index contributed by atoms with van der Waals surface area (Å²) < 4.78 is 12.4. The van der Waals surface area contributed by atoms with Crippen molar-refractivity contribution in [1.29, 1.82) is 0 Å². The summed E-state index contributed by atoms with van der Waals surface area (Å²) in [6.45, 7) is 11.0. The van der Waals surface area contributed by atoms with Crippen LogP contribution < -0.4 is 20.7 Å². The van der Waals surface area contributed by atoms with Gasteiger partial charge in [0.05, 0.1) is 30.3 Å². The molecule has 1 fully saturated rings. The molecule has 3 aromatic rings. The topological polar surface area (TPSA) is 118 Å². The summed E-state index contributed by atoms with van der Waals surface area (Å²) in [6.07, 6.45) is 3.73. The van der Waals surface area contributed by atoms with Gasteiger partial charge in [-0.15, -0.1) is 0 Å². The van der Waals surface area contributed by atoms with Crippen molar-refractivity contribution >= 4 is 55.9 Å². The molecular formula is C29H35BrN6O4. The van der Waals surface area contributed by atoms with Crippen LogP contribution in [0.2, 0.25) is 0 Å². The van der Waals surface area contributed by atoms with Gasteiger partial charge in [-0.05, 0) is 50.6 Å². The molecule has 40 heavy (non-hydrogen) atoms. The average Bonchev–Trinajstić information content (AvgIpc) is 2.91. The van der Waals surface area contributed by atoms with Crippen molar-refractivity contribution in [3.63, 3.8) is 0 Å². The van der Waals surface area contributed by atoms with E-state index in [1.54, 1.807) is 0 Å². The Bertz CT molecular complexity index is 1350. The Balaban J connectivity index is 1.41. The van der Waals surface area contributed by atoms with Crippen molar-refractivity contribution in [2.75, 3.05) is 43.4 Å². The lowest BCUT2D eigenvalue weighted by Gasteiger charge is -2.33. The van der Waals surface area contributed by atoms with E-state index in [0.717, 1.165) is 48.1 Å². The van der Waals surface area contributed by atoms with E-state index in [9.17, 15) is 9.59 Å². The fourth-order valence-electron chi connectivity index (χ4n) is 4.50. The van der Waals surface area contributed by atoms with Gasteiger partial charge >= 0.3 is 5.97 Å². The highest BCUT2D eigenvalue weighted by Gasteiger charge is 2.22. The fraction of sp³-hybridized carbons (Fsp3) is 0.379. The van der Waals surface area contributed by atoms with Gasteiger partial charge in [0.25, 0.3) is 0 Å². The Morgan fingerprint density at radius 3 is 2.90 bits per heavy atom. The average molecular weight is 612 g/mol. The summed E-state index contributed by atoms with van der Waals surface area (Å²) >= 11 is 3.49. The summed E-state index contributed by atoms with van der Waals surface area (Å²) in [5.41, 5.74) is 2.05. The predicted octanol–water partition coefficient (Wildman–Crippen LogP) is 4.64. The molecular weight excluding hydrogens is 576 g/mol. The number of carbonyl (C=O) groups is 2. The van der Waals surface area contributed by atoms with Gasteiger partial charge < -0.3 is 30.3 Å². The molecule has 0 bridgehead atoms. The second-order valence-electron chi connectivity index (χ2n) is 9.81. The van der Waals surface area contributed by atoms with Crippen LogP contribution in [0.3, 0.4) is 0 Å². The summed E-state index contributed by atoms with van der Waals surface area (Å²) in [5, 5.41) is 10.3. The van der Waals surface area contributed by atoms with Crippen molar-refractivity contribution in [3.05, 3.63) is 59.9 Å². The minimum Gasteiger partial charge on any atom is -0.491 e. The standard InChI is InChI=1S/C29H35BrN6O4/c1-4-27(37)35-25-15-23-24(32-18-33-29(23)34-21-8-5-7-20(30)13-21)16-26(25)39-12-6-10-36-11-9-31-22(17-36)14-28(38)40-19(2)3/h4-5,7-8,13,15-16,18-19,22,31H,1,6,9-12,14,17H2,2-3H3,(H,35,37)(H,32,33,34). The van der Waals surface area contributed by atoms with Gasteiger partial charge in [-0.2, -0.15) is 0 Å². The number of hydrogen-bond acceptors (Lipinski definition) is 9. The van der Waals surface area contributed by atoms with Gasteiger partial charge in [-0.3, -0.25) is 9.59 Å². The third-order valence-electron chi connectivity index (χ3n) is 6.26. The number of ether oxygens (including phenoxy) is 2. The van der Waals surface area contributed by atoms with E-state index >= 15 is 0 Å². The van der Waals surface area contributed by atoms with Crippen LogP contribution in [0.25, 0.3) is 10.9 Å². The molecule has 0 aliphatic carbocycles. The van der Waals surface area contributed by atoms with Gasteiger partial charge in [-0.25, -0.2) is 9.97 Å². The zero-order chi connectivity index (χ0) is 28.5. The number of amides is 1. The zero-order valence-electron chi connectivity index (χ0n) is 22.8. The Kier molecular flexibility index (Phi) is 10.5. The highest BCUT2D eigenvalue weighted by Crippen LogP contribution is 2.33. The maximum atomic E-state index is 12.2. The molecule has 1 aromatic heterocycles. The number of esters is 1. The quantitative estimate of drug-likeness (QED) is 0.153. The van der Waals surface area contributed by atoms with E-state index in [0.29, 0.717) is 35.8 Å². The smallest absolute Gasteiger partial charge is 0.307 e. The Morgan fingerprint density at radius 1 is 1.27 bits per heavy atom. The predicted molar refractivity (Wildman–Crippen MR) is 160 cm³/mol. The summed E-state index contributed by atoms with van der Waals surface area (Å²) in [5.74, 6) is 0.603. The van der Waals surface area contributed by atoms with Crippen LogP contribution in [0.4, 0.5) is 17.2 Å². The number of halogens is 1. The fourth-order valence-corrected chi connectivity index (χ4v) is 4.90. The van der Waals surface area contributed by atoms with Crippen molar-refractivity contribution in [2.24, 2.45) is 0 Å². The van der Waals surface area contributed by atoms with E-state index < -0.39 is 0 Å². The third-order valence-corrected chi connectivity index (χ3v) is 6.76. The summed E-state index contributed by atoms with van der Waals surface area (Å²) in [4.78, 5) is 35.4. The van der Waals surface area contributed by atoms with Crippen LogP contribution in [-0.2, 0) is 14.3 Å². The zero-order valence-corrected chi connectivity index (χ0v) is 24.4. The first-order chi connectivity index (χ1) is 19.3. The number of benzene rings is 2. The molecule has 11 heteroatoms. The molecule has 1 aliphatic rings. The highest BCUT2D eigenvalue weighted by molar-refractivity contribution is 9.10. The molecule has 2 heterocycles. The van der Waals surface area contributed by atoms with E-state index in [1.165, 1.54) is 12.4 Å². The van der Waals surface area contributed by atoms with Gasteiger partial charge in [0.1, 0.15) is 17.9 Å². The Labute approximate surface area is 242 Å². The molecule has 4 rings (SSSR count).